The fourth-order valence-corrected chi connectivity index (χ4v) is 6.01. The second-order valence-electron chi connectivity index (χ2n) is 8.38. The lowest BCUT2D eigenvalue weighted by molar-refractivity contribution is 1.31. The van der Waals surface area contributed by atoms with Crippen LogP contribution in [-0.4, -0.2) is 19.9 Å². The number of thiazole rings is 2. The van der Waals surface area contributed by atoms with Gasteiger partial charge in [-0.3, -0.25) is 9.97 Å². The zero-order valence-electron chi connectivity index (χ0n) is 19.0. The quantitative estimate of drug-likeness (QED) is 0.229. The van der Waals surface area contributed by atoms with Gasteiger partial charge in [0.05, 0.1) is 11.4 Å². The van der Waals surface area contributed by atoms with E-state index in [1.165, 1.54) is 0 Å². The molecule has 0 aliphatic carbocycles. The smallest absolute Gasteiger partial charge is 0.124 e. The first-order chi connectivity index (χ1) is 17.9. The first kappa shape index (κ1) is 21.1. The van der Waals surface area contributed by atoms with Crippen LogP contribution in [0.5, 0.6) is 0 Å². The molecule has 6 heteroatoms. The van der Waals surface area contributed by atoms with E-state index in [1.54, 1.807) is 22.7 Å². The third kappa shape index (κ3) is 3.50. The Balaban J connectivity index is 1.45. The summed E-state index contributed by atoms with van der Waals surface area (Å²) in [7, 11) is 0. The first-order valence-corrected chi connectivity index (χ1v) is 13.3. The summed E-state index contributed by atoms with van der Waals surface area (Å²) in [6.07, 6.45) is 7.49. The molecule has 0 aliphatic heterocycles. The molecule has 4 aromatic heterocycles. The summed E-state index contributed by atoms with van der Waals surface area (Å²) in [6.45, 7) is 0. The van der Waals surface area contributed by atoms with Crippen molar-refractivity contribution in [1.82, 2.24) is 19.9 Å². The van der Waals surface area contributed by atoms with E-state index >= 15 is 0 Å². The summed E-state index contributed by atoms with van der Waals surface area (Å²) in [6, 6.07) is 25.5. The Hall–Kier alpha value is -4.26. The van der Waals surface area contributed by atoms with Gasteiger partial charge in [0.1, 0.15) is 10.0 Å². The summed E-state index contributed by atoms with van der Waals surface area (Å²) in [5, 5.41) is 10.6. The molecule has 0 aliphatic rings. The molecule has 0 saturated carbocycles. The zero-order valence-corrected chi connectivity index (χ0v) is 20.6. The Morgan fingerprint density at radius 1 is 0.444 bits per heavy atom. The van der Waals surface area contributed by atoms with Gasteiger partial charge in [-0.15, -0.1) is 22.7 Å². The molecule has 7 aromatic rings. The number of rotatable bonds is 4. The average molecular weight is 499 g/mol. The van der Waals surface area contributed by atoms with Crippen molar-refractivity contribution >= 4 is 44.2 Å². The molecule has 0 saturated heterocycles. The van der Waals surface area contributed by atoms with E-state index in [-0.39, 0.29) is 0 Å². The van der Waals surface area contributed by atoms with Crippen molar-refractivity contribution in [3.63, 3.8) is 0 Å². The Bertz CT molecular complexity index is 1610. The molecule has 0 atom stereocenters. The average Bonchev–Trinajstić information content (AvgIpc) is 3.67. The van der Waals surface area contributed by atoms with Crippen LogP contribution in [0.3, 0.4) is 0 Å². The van der Waals surface area contributed by atoms with E-state index in [1.807, 2.05) is 35.5 Å². The highest BCUT2D eigenvalue weighted by molar-refractivity contribution is 7.13. The summed E-state index contributed by atoms with van der Waals surface area (Å²) >= 11 is 3.24. The lowest BCUT2D eigenvalue weighted by Crippen LogP contribution is -1.94. The number of fused-ring (bicyclic) bond motifs is 2. The maximum atomic E-state index is 4.89. The highest BCUT2D eigenvalue weighted by atomic mass is 32.1. The zero-order chi connectivity index (χ0) is 23.9. The Morgan fingerprint density at radius 3 is 1.17 bits per heavy atom. The maximum absolute atomic E-state index is 4.89. The molecule has 0 bridgehead atoms. The van der Waals surface area contributed by atoms with Crippen LogP contribution in [0.2, 0.25) is 0 Å². The second-order valence-corrected chi connectivity index (χ2v) is 10.2. The Labute approximate surface area is 215 Å². The monoisotopic (exact) mass is 498 g/mol. The van der Waals surface area contributed by atoms with Crippen LogP contribution in [0, 0.1) is 0 Å². The molecule has 7 rings (SSSR count). The summed E-state index contributed by atoms with van der Waals surface area (Å²) in [4.78, 5) is 18.6. The van der Waals surface area contributed by atoms with Crippen LogP contribution in [0.1, 0.15) is 0 Å². The number of hydrogen-bond acceptors (Lipinski definition) is 6. The van der Waals surface area contributed by atoms with Crippen molar-refractivity contribution in [3.8, 4) is 43.7 Å². The summed E-state index contributed by atoms with van der Waals surface area (Å²) in [5.41, 5.74) is 6.22. The molecule has 0 amide bonds. The molecule has 36 heavy (non-hydrogen) atoms. The molecular weight excluding hydrogens is 480 g/mol. The van der Waals surface area contributed by atoms with Gasteiger partial charge in [0.2, 0.25) is 0 Å². The van der Waals surface area contributed by atoms with Crippen LogP contribution in [0.4, 0.5) is 0 Å². The first-order valence-electron chi connectivity index (χ1n) is 11.5. The number of hydrogen-bond donors (Lipinski definition) is 0. The summed E-state index contributed by atoms with van der Waals surface area (Å²) in [5.74, 6) is 0. The van der Waals surface area contributed by atoms with E-state index in [9.17, 15) is 0 Å². The number of benzene rings is 3. The highest BCUT2D eigenvalue weighted by Gasteiger charge is 2.18. The minimum atomic E-state index is 0.946. The highest BCUT2D eigenvalue weighted by Crippen LogP contribution is 2.43. The number of pyridine rings is 2. The Morgan fingerprint density at radius 2 is 0.861 bits per heavy atom. The molecule has 4 heterocycles. The van der Waals surface area contributed by atoms with Gasteiger partial charge in [0, 0.05) is 57.8 Å². The van der Waals surface area contributed by atoms with Crippen LogP contribution in [0.15, 0.2) is 108 Å². The predicted octanol–water partition coefficient (Wildman–Crippen LogP) is 8.36. The lowest BCUT2D eigenvalue weighted by Gasteiger charge is -2.17. The van der Waals surface area contributed by atoms with E-state index in [0.717, 1.165) is 65.2 Å². The topological polar surface area (TPSA) is 51.6 Å². The van der Waals surface area contributed by atoms with Gasteiger partial charge in [-0.25, -0.2) is 9.97 Å². The van der Waals surface area contributed by atoms with Crippen molar-refractivity contribution in [3.05, 3.63) is 108 Å². The normalized spacial score (nSPS) is 11.3. The van der Waals surface area contributed by atoms with Crippen molar-refractivity contribution in [2.75, 3.05) is 0 Å². The third-order valence-corrected chi connectivity index (χ3v) is 7.97. The minimum absolute atomic E-state index is 0.946. The van der Waals surface area contributed by atoms with Crippen molar-refractivity contribution < 1.29 is 0 Å². The molecule has 0 N–H and O–H groups in total. The fraction of sp³-hybridized carbons (Fsp3) is 0. The van der Waals surface area contributed by atoms with E-state index in [0.29, 0.717) is 0 Å². The molecule has 0 fully saturated rings. The molecule has 3 aromatic carbocycles. The predicted molar refractivity (Wildman–Crippen MR) is 150 cm³/mol. The van der Waals surface area contributed by atoms with E-state index in [4.69, 9.17) is 9.97 Å². The lowest BCUT2D eigenvalue weighted by atomic mass is 9.88. The van der Waals surface area contributed by atoms with E-state index < -0.39 is 0 Å². The second kappa shape index (κ2) is 8.75. The van der Waals surface area contributed by atoms with Crippen LogP contribution < -0.4 is 0 Å². The van der Waals surface area contributed by atoms with Crippen LogP contribution in [-0.2, 0) is 0 Å². The molecule has 170 valence electrons. The largest absolute Gasteiger partial charge is 0.255 e. The third-order valence-electron chi connectivity index (χ3n) is 6.33. The standard InChI is InChI=1S/C30H18N4S2/c1-2-6-22-21(5-1)27(25-11-9-19(17-33-25)29-31-13-15-35-29)23-7-3-4-8-24(23)28(22)26-12-10-20(18-34-26)30-32-14-16-36-30/h1-18H. The van der Waals surface area contributed by atoms with Gasteiger partial charge in [-0.05, 0) is 45.8 Å². The SMILES string of the molecule is c1ccc2c(-c3ccc(-c4nccs4)cn3)c3ccccc3c(-c3ccc(-c4nccs4)cn3)c2c1. The molecular formula is C30H18N4S2. The fourth-order valence-electron chi connectivity index (χ4n) is 4.75. The van der Waals surface area contributed by atoms with Gasteiger partial charge in [-0.2, -0.15) is 0 Å². The summed E-state index contributed by atoms with van der Waals surface area (Å²) < 4.78 is 0. The van der Waals surface area contributed by atoms with Crippen molar-refractivity contribution in [2.45, 2.75) is 0 Å². The van der Waals surface area contributed by atoms with Crippen molar-refractivity contribution in [1.29, 1.82) is 0 Å². The number of nitrogens with zero attached hydrogens (tertiary/aromatic N) is 4. The number of aromatic nitrogens is 4. The Kier molecular flexibility index (Phi) is 5.12. The molecule has 0 unspecified atom stereocenters. The van der Waals surface area contributed by atoms with Gasteiger partial charge >= 0.3 is 0 Å². The minimum Gasteiger partial charge on any atom is -0.255 e. The van der Waals surface area contributed by atoms with Crippen LogP contribution >= 0.6 is 22.7 Å². The van der Waals surface area contributed by atoms with Gasteiger partial charge < -0.3 is 0 Å². The maximum Gasteiger partial charge on any atom is 0.124 e. The van der Waals surface area contributed by atoms with Crippen LogP contribution in [0.25, 0.3) is 65.2 Å². The van der Waals surface area contributed by atoms with Gasteiger partial charge in [0.25, 0.3) is 0 Å². The molecule has 0 spiro atoms. The van der Waals surface area contributed by atoms with Gasteiger partial charge in [-0.1, -0.05) is 48.5 Å². The van der Waals surface area contributed by atoms with Gasteiger partial charge in [0.15, 0.2) is 0 Å². The molecule has 0 radical (unpaired) electrons. The molecule has 4 nitrogen and oxygen atoms in total. The van der Waals surface area contributed by atoms with Crippen molar-refractivity contribution in [2.24, 2.45) is 0 Å². The van der Waals surface area contributed by atoms with E-state index in [2.05, 4.69) is 82.8 Å².